The van der Waals surface area contributed by atoms with E-state index in [-0.39, 0.29) is 30.0 Å². The molecule has 2 aromatic carbocycles. The third kappa shape index (κ3) is 5.45. The zero-order valence-electron chi connectivity index (χ0n) is 19.5. The highest BCUT2D eigenvalue weighted by atomic mass is 16.5. The van der Waals surface area contributed by atoms with Crippen LogP contribution in [0.5, 0.6) is 11.5 Å². The number of esters is 1. The summed E-state index contributed by atoms with van der Waals surface area (Å²) in [6, 6.07) is 10.5. The van der Waals surface area contributed by atoms with Crippen molar-refractivity contribution in [3.8, 4) is 11.5 Å². The van der Waals surface area contributed by atoms with Crippen molar-refractivity contribution in [3.63, 3.8) is 0 Å². The van der Waals surface area contributed by atoms with Gasteiger partial charge >= 0.3 is 5.97 Å². The predicted octanol–water partition coefficient (Wildman–Crippen LogP) is 2.00. The number of ether oxygens (including phenoxy) is 3. The fraction of sp³-hybridized carbons (Fsp3) is 0.333. The molecule has 0 unspecified atom stereocenters. The number of nitrogens with one attached hydrogen (secondary N) is 2. The molecule has 2 aromatic rings. The molecule has 1 aliphatic rings. The van der Waals surface area contributed by atoms with E-state index in [0.29, 0.717) is 5.69 Å². The highest BCUT2D eigenvalue weighted by molar-refractivity contribution is 6.01. The molecule has 0 aromatic heterocycles. The summed E-state index contributed by atoms with van der Waals surface area (Å²) in [5.74, 6) is -2.53. The van der Waals surface area contributed by atoms with Gasteiger partial charge in [0.2, 0.25) is 5.91 Å². The third-order valence-corrected chi connectivity index (χ3v) is 5.44. The Kier molecular flexibility index (Phi) is 7.72. The van der Waals surface area contributed by atoms with Crippen LogP contribution in [0, 0.1) is 19.8 Å². The van der Waals surface area contributed by atoms with Crippen LogP contribution in [0.3, 0.4) is 0 Å². The Morgan fingerprint density at radius 3 is 2.18 bits per heavy atom. The maximum Gasteiger partial charge on any atom is 0.311 e. The molecule has 0 aliphatic carbocycles. The number of nitrogens with zero attached hydrogens (tertiary/aromatic N) is 1. The molecule has 2 N–H and O–H groups in total. The number of rotatable bonds is 8. The molecular weight excluding hydrogens is 442 g/mol. The minimum Gasteiger partial charge on any atom is -0.496 e. The van der Waals surface area contributed by atoms with Crippen molar-refractivity contribution >= 4 is 29.4 Å². The minimum absolute atomic E-state index is 0.0839. The molecule has 10 heteroatoms. The second kappa shape index (κ2) is 10.7. The summed E-state index contributed by atoms with van der Waals surface area (Å²) in [7, 11) is 2.82. The van der Waals surface area contributed by atoms with Gasteiger partial charge in [0.1, 0.15) is 17.1 Å². The largest absolute Gasteiger partial charge is 0.496 e. The van der Waals surface area contributed by atoms with Crippen molar-refractivity contribution in [1.82, 2.24) is 10.4 Å². The van der Waals surface area contributed by atoms with Gasteiger partial charge in [0, 0.05) is 12.1 Å². The van der Waals surface area contributed by atoms with Gasteiger partial charge in [-0.15, -0.1) is 0 Å². The molecule has 3 amide bonds. The lowest BCUT2D eigenvalue weighted by Crippen LogP contribution is -2.43. The zero-order chi connectivity index (χ0) is 24.8. The van der Waals surface area contributed by atoms with E-state index in [9.17, 15) is 19.2 Å². The van der Waals surface area contributed by atoms with Crippen molar-refractivity contribution < 1.29 is 33.4 Å². The lowest BCUT2D eigenvalue weighted by Gasteiger charge is -2.19. The van der Waals surface area contributed by atoms with Crippen LogP contribution in [0.25, 0.3) is 0 Å². The number of para-hydroxylation sites is 1. The quantitative estimate of drug-likeness (QED) is 0.567. The topological polar surface area (TPSA) is 123 Å². The maximum absolute atomic E-state index is 12.8. The van der Waals surface area contributed by atoms with Crippen LogP contribution in [0.2, 0.25) is 0 Å². The van der Waals surface area contributed by atoms with Crippen LogP contribution in [-0.2, 0) is 19.1 Å². The lowest BCUT2D eigenvalue weighted by molar-refractivity contribution is -0.151. The molecule has 0 saturated carbocycles. The van der Waals surface area contributed by atoms with Crippen molar-refractivity contribution in [2.45, 2.75) is 20.3 Å². The number of anilines is 1. The Hall–Kier alpha value is -4.08. The highest BCUT2D eigenvalue weighted by Crippen LogP contribution is 2.28. The SMILES string of the molecule is COc1cccc(OC)c1C(=O)NN1C[C@@H](C(=O)OCC(=O)Nc2c(C)cccc2C)CC1=O. The molecule has 0 spiro atoms. The Balaban J connectivity index is 1.57. The monoisotopic (exact) mass is 469 g/mol. The fourth-order valence-corrected chi connectivity index (χ4v) is 3.67. The molecule has 1 atom stereocenters. The van der Waals surface area contributed by atoms with Crippen LogP contribution >= 0.6 is 0 Å². The van der Waals surface area contributed by atoms with E-state index in [1.807, 2.05) is 32.0 Å². The predicted molar refractivity (Wildman–Crippen MR) is 122 cm³/mol. The summed E-state index contributed by atoms with van der Waals surface area (Å²) in [5, 5.41) is 3.79. The van der Waals surface area contributed by atoms with E-state index in [1.165, 1.54) is 14.2 Å². The van der Waals surface area contributed by atoms with Crippen molar-refractivity contribution in [2.24, 2.45) is 5.92 Å². The first-order valence-corrected chi connectivity index (χ1v) is 10.6. The summed E-state index contributed by atoms with van der Waals surface area (Å²) in [6.07, 6.45) is -0.152. The zero-order valence-corrected chi connectivity index (χ0v) is 19.5. The van der Waals surface area contributed by atoms with Gasteiger partial charge in [-0.1, -0.05) is 24.3 Å². The Labute approximate surface area is 197 Å². The minimum atomic E-state index is -0.819. The number of hydrogen-bond donors (Lipinski definition) is 2. The van der Waals surface area contributed by atoms with Crippen LogP contribution in [0.1, 0.15) is 27.9 Å². The molecule has 10 nitrogen and oxygen atoms in total. The summed E-state index contributed by atoms with van der Waals surface area (Å²) in [6.45, 7) is 3.16. The van der Waals surface area contributed by atoms with Gasteiger partial charge in [-0.05, 0) is 37.1 Å². The van der Waals surface area contributed by atoms with Crippen LogP contribution in [-0.4, -0.2) is 56.1 Å². The van der Waals surface area contributed by atoms with E-state index >= 15 is 0 Å². The molecule has 0 bridgehead atoms. The first-order chi connectivity index (χ1) is 16.2. The molecule has 180 valence electrons. The van der Waals surface area contributed by atoms with Gasteiger partial charge in [0.05, 0.1) is 26.7 Å². The second-order valence-electron chi connectivity index (χ2n) is 7.81. The van der Waals surface area contributed by atoms with Crippen LogP contribution in [0.15, 0.2) is 36.4 Å². The van der Waals surface area contributed by atoms with Crippen molar-refractivity contribution in [2.75, 3.05) is 32.7 Å². The highest BCUT2D eigenvalue weighted by Gasteiger charge is 2.37. The third-order valence-electron chi connectivity index (χ3n) is 5.44. The summed E-state index contributed by atoms with van der Waals surface area (Å²) < 4.78 is 15.5. The molecule has 1 saturated heterocycles. The smallest absolute Gasteiger partial charge is 0.311 e. The van der Waals surface area contributed by atoms with E-state index in [0.717, 1.165) is 16.1 Å². The Bertz CT molecular complexity index is 1070. The van der Waals surface area contributed by atoms with Crippen LogP contribution in [0.4, 0.5) is 5.69 Å². The number of benzene rings is 2. The first-order valence-electron chi connectivity index (χ1n) is 10.6. The summed E-state index contributed by atoms with van der Waals surface area (Å²) in [4.78, 5) is 49.9. The van der Waals surface area contributed by atoms with Crippen molar-refractivity contribution in [1.29, 1.82) is 0 Å². The second-order valence-corrected chi connectivity index (χ2v) is 7.81. The molecular formula is C24H27N3O7. The van der Waals surface area contributed by atoms with Crippen molar-refractivity contribution in [3.05, 3.63) is 53.1 Å². The van der Waals surface area contributed by atoms with Gasteiger partial charge in [-0.25, -0.2) is 0 Å². The number of carbonyl (C=O) groups excluding carboxylic acids is 4. The molecule has 0 radical (unpaired) electrons. The fourth-order valence-electron chi connectivity index (χ4n) is 3.67. The molecule has 1 heterocycles. The number of hydrogen-bond acceptors (Lipinski definition) is 7. The average molecular weight is 469 g/mol. The number of hydrazine groups is 1. The molecule has 3 rings (SSSR count). The van der Waals surface area contributed by atoms with Crippen LogP contribution < -0.4 is 20.2 Å². The average Bonchev–Trinajstić information content (AvgIpc) is 3.19. The standard InChI is InChI=1S/C24H27N3O7/c1-14-7-5-8-15(2)22(14)25-19(28)13-34-24(31)16-11-20(29)27(12-16)26-23(30)21-17(32-3)9-6-10-18(21)33-4/h5-10,16H,11-13H2,1-4H3,(H,25,28)(H,26,30)/t16-/m0/s1. The van der Waals surface area contributed by atoms with Gasteiger partial charge in [-0.3, -0.25) is 29.6 Å². The van der Waals surface area contributed by atoms with Gasteiger partial charge in [0.15, 0.2) is 6.61 Å². The Morgan fingerprint density at radius 1 is 1.00 bits per heavy atom. The number of aryl methyl sites for hydroxylation is 2. The number of amides is 3. The molecule has 34 heavy (non-hydrogen) atoms. The van der Waals surface area contributed by atoms with E-state index in [2.05, 4.69) is 10.7 Å². The number of carbonyl (C=O) groups is 4. The lowest BCUT2D eigenvalue weighted by atomic mass is 10.1. The Morgan fingerprint density at radius 2 is 1.59 bits per heavy atom. The maximum atomic E-state index is 12.8. The first kappa shape index (κ1) is 24.6. The van der Waals surface area contributed by atoms with E-state index < -0.39 is 36.2 Å². The van der Waals surface area contributed by atoms with Gasteiger partial charge in [-0.2, -0.15) is 0 Å². The van der Waals surface area contributed by atoms with Gasteiger partial charge < -0.3 is 19.5 Å². The van der Waals surface area contributed by atoms with E-state index in [4.69, 9.17) is 14.2 Å². The number of methoxy groups -OCH3 is 2. The van der Waals surface area contributed by atoms with E-state index in [1.54, 1.807) is 18.2 Å². The summed E-state index contributed by atoms with van der Waals surface area (Å²) in [5.41, 5.74) is 5.05. The molecule has 1 fully saturated rings. The normalized spacial score (nSPS) is 15.0. The molecule has 1 aliphatic heterocycles. The summed E-state index contributed by atoms with van der Waals surface area (Å²) >= 11 is 0. The van der Waals surface area contributed by atoms with Gasteiger partial charge in [0.25, 0.3) is 11.8 Å².